The zero-order valence-electron chi connectivity index (χ0n) is 15.8. The van der Waals surface area contributed by atoms with Crippen LogP contribution in [0.3, 0.4) is 0 Å². The van der Waals surface area contributed by atoms with E-state index in [0.717, 1.165) is 33.8 Å². The number of rotatable bonds is 4. The molecule has 1 heterocycles. The maximum Gasteiger partial charge on any atom is 0.160 e. The molecule has 0 saturated heterocycles. The van der Waals surface area contributed by atoms with Gasteiger partial charge >= 0.3 is 0 Å². The molecule has 28 heavy (non-hydrogen) atoms. The van der Waals surface area contributed by atoms with Crippen LogP contribution in [0.25, 0.3) is 33.9 Å². The number of benzene rings is 3. The molecule has 0 atom stereocenters. The van der Waals surface area contributed by atoms with Crippen LogP contribution < -0.4 is 4.90 Å². The van der Waals surface area contributed by atoms with Crippen molar-refractivity contribution in [2.45, 2.75) is 0 Å². The summed E-state index contributed by atoms with van der Waals surface area (Å²) in [6, 6.07) is 28.2. The Balaban J connectivity index is 1.85. The van der Waals surface area contributed by atoms with Gasteiger partial charge in [0.05, 0.1) is 11.4 Å². The predicted molar refractivity (Wildman–Crippen MR) is 118 cm³/mol. The molecular formula is C24H20ClN3. The van der Waals surface area contributed by atoms with Crippen molar-refractivity contribution in [3.8, 4) is 33.9 Å². The first kappa shape index (κ1) is 18.2. The van der Waals surface area contributed by atoms with Gasteiger partial charge in [-0.25, -0.2) is 9.97 Å². The Labute approximate surface area is 170 Å². The molecule has 0 aliphatic rings. The number of nitrogens with zero attached hydrogens (tertiary/aromatic N) is 3. The molecule has 4 aromatic rings. The molecule has 4 heteroatoms. The zero-order valence-corrected chi connectivity index (χ0v) is 16.6. The van der Waals surface area contributed by atoms with Crippen molar-refractivity contribution in [3.05, 3.63) is 90.0 Å². The van der Waals surface area contributed by atoms with E-state index >= 15 is 0 Å². The van der Waals surface area contributed by atoms with E-state index in [9.17, 15) is 0 Å². The Morgan fingerprint density at radius 2 is 1.18 bits per heavy atom. The fourth-order valence-electron chi connectivity index (χ4n) is 3.01. The average molecular weight is 386 g/mol. The van der Waals surface area contributed by atoms with Crippen LogP contribution >= 0.6 is 11.6 Å². The Hall–Kier alpha value is -3.17. The van der Waals surface area contributed by atoms with Gasteiger partial charge in [-0.15, -0.1) is 0 Å². The van der Waals surface area contributed by atoms with Crippen LogP contribution in [0, 0.1) is 0 Å². The fraction of sp³-hybridized carbons (Fsp3) is 0.0833. The molecule has 138 valence electrons. The molecule has 0 amide bonds. The monoisotopic (exact) mass is 385 g/mol. The summed E-state index contributed by atoms with van der Waals surface area (Å²) in [6.07, 6.45) is 0. The van der Waals surface area contributed by atoms with Crippen LogP contribution in [0.5, 0.6) is 0 Å². The van der Waals surface area contributed by atoms with Gasteiger partial charge in [0.1, 0.15) is 0 Å². The first-order chi connectivity index (χ1) is 13.6. The lowest BCUT2D eigenvalue weighted by Crippen LogP contribution is -2.08. The highest BCUT2D eigenvalue weighted by Crippen LogP contribution is 2.29. The molecular weight excluding hydrogens is 366 g/mol. The largest absolute Gasteiger partial charge is 0.378 e. The van der Waals surface area contributed by atoms with Gasteiger partial charge in [0.2, 0.25) is 0 Å². The Morgan fingerprint density at radius 1 is 0.643 bits per heavy atom. The minimum Gasteiger partial charge on any atom is -0.378 e. The smallest absolute Gasteiger partial charge is 0.160 e. The fourth-order valence-corrected chi connectivity index (χ4v) is 3.14. The van der Waals surface area contributed by atoms with E-state index in [0.29, 0.717) is 10.8 Å². The molecule has 3 nitrogen and oxygen atoms in total. The summed E-state index contributed by atoms with van der Waals surface area (Å²) < 4.78 is 0. The van der Waals surface area contributed by atoms with Crippen LogP contribution in [0.1, 0.15) is 0 Å². The summed E-state index contributed by atoms with van der Waals surface area (Å²) in [6.45, 7) is 0. The number of halogens is 1. The summed E-state index contributed by atoms with van der Waals surface area (Å²) in [5, 5.41) is 0.709. The third kappa shape index (κ3) is 3.90. The Kier molecular flexibility index (Phi) is 5.09. The van der Waals surface area contributed by atoms with Crippen molar-refractivity contribution in [2.24, 2.45) is 0 Å². The molecule has 0 N–H and O–H groups in total. The second-order valence-corrected chi connectivity index (χ2v) is 7.21. The molecule has 0 aliphatic heterocycles. The maximum absolute atomic E-state index is 6.06. The summed E-state index contributed by atoms with van der Waals surface area (Å²) in [4.78, 5) is 11.7. The van der Waals surface area contributed by atoms with Gasteiger partial charge in [-0.3, -0.25) is 0 Å². The topological polar surface area (TPSA) is 29.0 Å². The molecule has 0 saturated carbocycles. The van der Waals surface area contributed by atoms with E-state index < -0.39 is 0 Å². The maximum atomic E-state index is 6.06. The number of hydrogen-bond acceptors (Lipinski definition) is 3. The first-order valence-electron chi connectivity index (χ1n) is 9.08. The molecule has 0 aliphatic carbocycles. The summed E-state index contributed by atoms with van der Waals surface area (Å²) in [5.41, 5.74) is 5.97. The third-order valence-electron chi connectivity index (χ3n) is 4.58. The van der Waals surface area contributed by atoms with E-state index in [4.69, 9.17) is 21.6 Å². The van der Waals surface area contributed by atoms with E-state index in [-0.39, 0.29) is 0 Å². The molecule has 0 radical (unpaired) electrons. The molecule has 0 unspecified atom stereocenters. The Bertz CT molecular complexity index is 1070. The van der Waals surface area contributed by atoms with Gasteiger partial charge < -0.3 is 4.90 Å². The van der Waals surface area contributed by atoms with Gasteiger partial charge in [-0.05, 0) is 30.3 Å². The lowest BCUT2D eigenvalue weighted by atomic mass is 10.1. The summed E-state index contributed by atoms with van der Waals surface area (Å²) in [7, 11) is 4.07. The van der Waals surface area contributed by atoms with Crippen molar-refractivity contribution >= 4 is 17.3 Å². The van der Waals surface area contributed by atoms with Crippen LogP contribution in [-0.2, 0) is 0 Å². The van der Waals surface area contributed by atoms with Gasteiger partial charge in [-0.2, -0.15) is 0 Å². The van der Waals surface area contributed by atoms with Gasteiger partial charge in [0.15, 0.2) is 5.82 Å². The quantitative estimate of drug-likeness (QED) is 0.419. The average Bonchev–Trinajstić information content (AvgIpc) is 2.74. The zero-order chi connectivity index (χ0) is 19.5. The highest BCUT2D eigenvalue weighted by atomic mass is 35.5. The van der Waals surface area contributed by atoms with Crippen molar-refractivity contribution in [1.29, 1.82) is 0 Å². The third-order valence-corrected chi connectivity index (χ3v) is 4.83. The van der Waals surface area contributed by atoms with Gasteiger partial charge in [0.25, 0.3) is 0 Å². The molecule has 3 aromatic carbocycles. The van der Waals surface area contributed by atoms with E-state index in [1.165, 1.54) is 0 Å². The standard InChI is InChI=1S/C24H20ClN3/c1-28(2)21-14-10-18(11-15-21)23-16-22(17-8-12-20(25)13-9-17)26-24(27-23)19-6-4-3-5-7-19/h3-16H,1-2H3. The molecule has 4 rings (SSSR count). The predicted octanol–water partition coefficient (Wildman–Crippen LogP) is 6.20. The summed E-state index contributed by atoms with van der Waals surface area (Å²) in [5.74, 6) is 0.708. The molecule has 0 spiro atoms. The second-order valence-electron chi connectivity index (χ2n) is 6.78. The van der Waals surface area contributed by atoms with Gasteiger partial charge in [0, 0.05) is 41.5 Å². The Morgan fingerprint density at radius 3 is 1.71 bits per heavy atom. The number of aromatic nitrogens is 2. The summed E-state index contributed by atoms with van der Waals surface area (Å²) >= 11 is 6.06. The van der Waals surface area contributed by atoms with Crippen molar-refractivity contribution in [2.75, 3.05) is 19.0 Å². The van der Waals surface area contributed by atoms with Gasteiger partial charge in [-0.1, -0.05) is 66.2 Å². The minimum absolute atomic E-state index is 0.708. The van der Waals surface area contributed by atoms with Crippen LogP contribution in [-0.4, -0.2) is 24.1 Å². The lowest BCUT2D eigenvalue weighted by Gasteiger charge is -2.13. The SMILES string of the molecule is CN(C)c1ccc(-c2cc(-c3ccc(Cl)cc3)nc(-c3ccccc3)n2)cc1. The minimum atomic E-state index is 0.708. The molecule has 0 fully saturated rings. The van der Waals surface area contributed by atoms with E-state index in [1.54, 1.807) is 0 Å². The normalized spacial score (nSPS) is 10.7. The van der Waals surface area contributed by atoms with E-state index in [1.807, 2.05) is 74.8 Å². The van der Waals surface area contributed by atoms with Crippen LogP contribution in [0.15, 0.2) is 84.9 Å². The van der Waals surface area contributed by atoms with Crippen molar-refractivity contribution in [1.82, 2.24) is 9.97 Å². The van der Waals surface area contributed by atoms with Crippen LogP contribution in [0.4, 0.5) is 5.69 Å². The number of hydrogen-bond donors (Lipinski definition) is 0. The van der Waals surface area contributed by atoms with Crippen molar-refractivity contribution < 1.29 is 0 Å². The molecule has 1 aromatic heterocycles. The van der Waals surface area contributed by atoms with Crippen LogP contribution in [0.2, 0.25) is 5.02 Å². The first-order valence-corrected chi connectivity index (χ1v) is 9.46. The van der Waals surface area contributed by atoms with E-state index in [2.05, 4.69) is 29.2 Å². The lowest BCUT2D eigenvalue weighted by molar-refractivity contribution is 1.13. The molecule has 0 bridgehead atoms. The highest BCUT2D eigenvalue weighted by Gasteiger charge is 2.10. The number of anilines is 1. The second kappa shape index (κ2) is 7.83. The van der Waals surface area contributed by atoms with Crippen molar-refractivity contribution in [3.63, 3.8) is 0 Å². The highest BCUT2D eigenvalue weighted by molar-refractivity contribution is 6.30.